The van der Waals surface area contributed by atoms with E-state index in [9.17, 15) is 0 Å². The van der Waals surface area contributed by atoms with Crippen LogP contribution in [-0.4, -0.2) is 0 Å². The van der Waals surface area contributed by atoms with E-state index < -0.39 is 0 Å². The van der Waals surface area contributed by atoms with Crippen molar-refractivity contribution in [3.05, 3.63) is 96.1 Å². The van der Waals surface area contributed by atoms with Crippen LogP contribution in [0.15, 0.2) is 84.9 Å². The van der Waals surface area contributed by atoms with E-state index in [0.717, 1.165) is 6.42 Å². The van der Waals surface area contributed by atoms with Crippen LogP contribution in [-0.2, 0) is 6.42 Å². The molecule has 0 radical (unpaired) electrons. The summed E-state index contributed by atoms with van der Waals surface area (Å²) in [6.07, 6.45) is 0.988. The zero-order valence-corrected chi connectivity index (χ0v) is 10.8. The smallest absolute Gasteiger partial charge is 0.00256 e. The fourth-order valence-corrected chi connectivity index (χ4v) is 2.32. The largest absolute Gasteiger partial charge is 0.0622 e. The Morgan fingerprint density at radius 1 is 0.474 bits per heavy atom. The number of hydrogen-bond acceptors (Lipinski definition) is 0. The first-order valence-electron chi connectivity index (χ1n) is 6.60. The van der Waals surface area contributed by atoms with E-state index in [4.69, 9.17) is 0 Å². The summed E-state index contributed by atoms with van der Waals surface area (Å²) in [5, 5.41) is 0. The molecule has 0 aromatic heterocycles. The van der Waals surface area contributed by atoms with Gasteiger partial charge in [-0.3, -0.25) is 0 Å². The highest BCUT2D eigenvalue weighted by Gasteiger charge is 1.99. The Kier molecular flexibility index (Phi) is 3.42. The van der Waals surface area contributed by atoms with Crippen LogP contribution in [0.2, 0.25) is 0 Å². The molecular weight excluding hydrogens is 228 g/mol. The number of hydrogen-bond donors (Lipinski definition) is 0. The van der Waals surface area contributed by atoms with Crippen molar-refractivity contribution in [2.24, 2.45) is 0 Å². The first-order chi connectivity index (χ1) is 9.42. The van der Waals surface area contributed by atoms with Gasteiger partial charge >= 0.3 is 0 Å². The summed E-state index contributed by atoms with van der Waals surface area (Å²) < 4.78 is 0. The molecule has 0 bridgehead atoms. The Morgan fingerprint density at radius 3 is 1.79 bits per heavy atom. The molecule has 0 unspecified atom stereocenters. The minimum atomic E-state index is 0.988. The van der Waals surface area contributed by atoms with Crippen molar-refractivity contribution in [3.8, 4) is 11.1 Å². The van der Waals surface area contributed by atoms with Crippen LogP contribution in [0, 0.1) is 0 Å². The molecule has 0 amide bonds. The van der Waals surface area contributed by atoms with Gasteiger partial charge in [-0.05, 0) is 28.7 Å². The van der Waals surface area contributed by atoms with Gasteiger partial charge in [0.2, 0.25) is 0 Å². The van der Waals surface area contributed by atoms with Gasteiger partial charge < -0.3 is 0 Å². The van der Waals surface area contributed by atoms with Crippen molar-refractivity contribution in [1.29, 1.82) is 0 Å². The van der Waals surface area contributed by atoms with Crippen LogP contribution >= 0.6 is 0 Å². The van der Waals surface area contributed by atoms with Crippen LogP contribution in [0.5, 0.6) is 0 Å². The SMILES string of the molecule is c1ccc(Cc2cccc(-c3ccccc3)c2)cc1. The predicted octanol–water partition coefficient (Wildman–Crippen LogP) is 4.94. The molecule has 0 saturated heterocycles. The predicted molar refractivity (Wildman–Crippen MR) is 81.1 cm³/mol. The second kappa shape index (κ2) is 5.53. The molecule has 19 heavy (non-hydrogen) atoms. The Balaban J connectivity index is 1.89. The summed E-state index contributed by atoms with van der Waals surface area (Å²) in [6, 6.07) is 29.9. The first kappa shape index (κ1) is 11.7. The van der Waals surface area contributed by atoms with Gasteiger partial charge in [0.25, 0.3) is 0 Å². The van der Waals surface area contributed by atoms with Crippen LogP contribution in [0.1, 0.15) is 11.1 Å². The van der Waals surface area contributed by atoms with Crippen molar-refractivity contribution in [1.82, 2.24) is 0 Å². The third-order valence-corrected chi connectivity index (χ3v) is 3.29. The fraction of sp³-hybridized carbons (Fsp3) is 0.0526. The third-order valence-electron chi connectivity index (χ3n) is 3.29. The average Bonchev–Trinajstić information content (AvgIpc) is 2.49. The van der Waals surface area contributed by atoms with Crippen LogP contribution in [0.25, 0.3) is 11.1 Å². The van der Waals surface area contributed by atoms with Crippen molar-refractivity contribution < 1.29 is 0 Å². The van der Waals surface area contributed by atoms with E-state index in [1.54, 1.807) is 0 Å². The molecule has 3 aromatic rings. The monoisotopic (exact) mass is 244 g/mol. The van der Waals surface area contributed by atoms with E-state index >= 15 is 0 Å². The van der Waals surface area contributed by atoms with Crippen molar-refractivity contribution in [3.63, 3.8) is 0 Å². The molecule has 0 heterocycles. The molecule has 0 spiro atoms. The maximum absolute atomic E-state index is 2.28. The van der Waals surface area contributed by atoms with E-state index in [0.29, 0.717) is 0 Å². The summed E-state index contributed by atoms with van der Waals surface area (Å²) in [5.41, 5.74) is 5.27. The highest BCUT2D eigenvalue weighted by molar-refractivity contribution is 5.64. The minimum Gasteiger partial charge on any atom is -0.0622 e. The Morgan fingerprint density at radius 2 is 1.05 bits per heavy atom. The lowest BCUT2D eigenvalue weighted by Crippen LogP contribution is -1.88. The molecule has 0 saturated carbocycles. The molecule has 92 valence electrons. The van der Waals surface area contributed by atoms with Crippen molar-refractivity contribution in [2.75, 3.05) is 0 Å². The summed E-state index contributed by atoms with van der Waals surface area (Å²) in [6.45, 7) is 0. The van der Waals surface area contributed by atoms with Gasteiger partial charge in [0, 0.05) is 0 Å². The van der Waals surface area contributed by atoms with Gasteiger partial charge in [0.15, 0.2) is 0 Å². The van der Waals surface area contributed by atoms with E-state index in [-0.39, 0.29) is 0 Å². The third kappa shape index (κ3) is 2.92. The quantitative estimate of drug-likeness (QED) is 0.612. The number of rotatable bonds is 3. The molecule has 0 heteroatoms. The Labute approximate surface area is 114 Å². The standard InChI is InChI=1S/C19H16/c1-3-8-16(9-4-1)14-17-10-7-13-19(15-17)18-11-5-2-6-12-18/h1-13,15H,14H2. The minimum absolute atomic E-state index is 0.988. The molecule has 0 nitrogen and oxygen atoms in total. The zero-order valence-electron chi connectivity index (χ0n) is 10.8. The number of benzene rings is 3. The van der Waals surface area contributed by atoms with Crippen molar-refractivity contribution >= 4 is 0 Å². The van der Waals surface area contributed by atoms with Crippen molar-refractivity contribution in [2.45, 2.75) is 6.42 Å². The lowest BCUT2D eigenvalue weighted by atomic mass is 9.99. The molecular formula is C19H16. The summed E-state index contributed by atoms with van der Waals surface area (Å²) >= 11 is 0. The normalized spacial score (nSPS) is 10.3. The second-order valence-corrected chi connectivity index (χ2v) is 4.73. The average molecular weight is 244 g/mol. The van der Waals surface area contributed by atoms with Gasteiger partial charge in [0.1, 0.15) is 0 Å². The molecule has 0 aliphatic rings. The second-order valence-electron chi connectivity index (χ2n) is 4.73. The van der Waals surface area contributed by atoms with Gasteiger partial charge in [-0.15, -0.1) is 0 Å². The molecule has 0 aliphatic carbocycles. The van der Waals surface area contributed by atoms with Gasteiger partial charge in [0.05, 0.1) is 0 Å². The van der Waals surface area contributed by atoms with E-state index in [2.05, 4.69) is 84.9 Å². The van der Waals surface area contributed by atoms with Gasteiger partial charge in [-0.2, -0.15) is 0 Å². The van der Waals surface area contributed by atoms with Gasteiger partial charge in [-0.1, -0.05) is 84.9 Å². The molecule has 0 aliphatic heterocycles. The fourth-order valence-electron chi connectivity index (χ4n) is 2.32. The lowest BCUT2D eigenvalue weighted by molar-refractivity contribution is 1.19. The molecule has 3 aromatic carbocycles. The summed E-state index contributed by atoms with van der Waals surface area (Å²) in [7, 11) is 0. The van der Waals surface area contributed by atoms with E-state index in [1.165, 1.54) is 22.3 Å². The maximum Gasteiger partial charge on any atom is -0.00256 e. The summed E-state index contributed by atoms with van der Waals surface area (Å²) in [5.74, 6) is 0. The summed E-state index contributed by atoms with van der Waals surface area (Å²) in [4.78, 5) is 0. The topological polar surface area (TPSA) is 0 Å². The molecule has 0 N–H and O–H groups in total. The Hall–Kier alpha value is -2.34. The van der Waals surface area contributed by atoms with Gasteiger partial charge in [-0.25, -0.2) is 0 Å². The van der Waals surface area contributed by atoms with E-state index in [1.807, 2.05) is 0 Å². The lowest BCUT2D eigenvalue weighted by Gasteiger charge is -2.06. The Bertz CT molecular complexity index is 639. The highest BCUT2D eigenvalue weighted by atomic mass is 14.0. The van der Waals surface area contributed by atoms with Crippen LogP contribution < -0.4 is 0 Å². The van der Waals surface area contributed by atoms with Crippen LogP contribution in [0.4, 0.5) is 0 Å². The molecule has 0 fully saturated rings. The maximum atomic E-state index is 2.28. The van der Waals surface area contributed by atoms with Crippen LogP contribution in [0.3, 0.4) is 0 Å². The molecule has 0 atom stereocenters. The molecule has 3 rings (SSSR count). The zero-order chi connectivity index (χ0) is 12.9. The highest BCUT2D eigenvalue weighted by Crippen LogP contribution is 2.21. The first-order valence-corrected chi connectivity index (χ1v) is 6.60.